The van der Waals surface area contributed by atoms with Crippen molar-refractivity contribution in [2.75, 3.05) is 24.3 Å². The molecule has 5 nitrogen and oxygen atoms in total. The molecule has 1 amide bonds. The molecule has 8 heteroatoms. The predicted molar refractivity (Wildman–Crippen MR) is 101 cm³/mol. The van der Waals surface area contributed by atoms with E-state index in [0.717, 1.165) is 35.5 Å². The molecular weight excluding hydrogens is 369 g/mol. The van der Waals surface area contributed by atoms with E-state index in [9.17, 15) is 18.0 Å². The molecule has 28 heavy (non-hydrogen) atoms. The number of carbonyl (C=O) groups is 1. The summed E-state index contributed by atoms with van der Waals surface area (Å²) in [5.74, 6) is -0.0417. The molecule has 0 atom stereocenters. The zero-order valence-corrected chi connectivity index (χ0v) is 15.4. The first-order valence-corrected chi connectivity index (χ1v) is 8.51. The van der Waals surface area contributed by atoms with Crippen molar-refractivity contribution < 1.29 is 18.0 Å². The number of benzene rings is 2. The quantitative estimate of drug-likeness (QED) is 0.710. The van der Waals surface area contributed by atoms with Crippen LogP contribution in [-0.4, -0.2) is 29.8 Å². The Balaban J connectivity index is 1.70. The van der Waals surface area contributed by atoms with E-state index in [1.807, 2.05) is 43.3 Å². The van der Waals surface area contributed by atoms with Crippen LogP contribution < -0.4 is 10.2 Å². The number of carbonyl (C=O) groups excluding carboxylic acids is 1. The molecule has 146 valence electrons. The van der Waals surface area contributed by atoms with Crippen molar-refractivity contribution in [3.8, 4) is 0 Å². The Hall–Kier alpha value is -3.29. The van der Waals surface area contributed by atoms with Crippen molar-refractivity contribution in [1.82, 2.24) is 9.78 Å². The van der Waals surface area contributed by atoms with Crippen LogP contribution in [0, 0.1) is 0 Å². The van der Waals surface area contributed by atoms with E-state index in [1.54, 1.807) is 16.9 Å². The molecule has 0 radical (unpaired) electrons. The smallest absolute Gasteiger partial charge is 0.378 e. The van der Waals surface area contributed by atoms with Crippen molar-refractivity contribution >= 4 is 17.4 Å². The summed E-state index contributed by atoms with van der Waals surface area (Å²) in [5, 5.41) is 6.89. The van der Waals surface area contributed by atoms with E-state index in [2.05, 4.69) is 10.4 Å². The standard InChI is InChI=1S/C20H19F3N4O/c1-26(2)17-9-3-14(4-10-17)13-27-18(11-12-24-27)25-19(28)15-5-7-16(8-6-15)20(21,22)23/h3-12H,13H2,1-2H3,(H,25,28). The predicted octanol–water partition coefficient (Wildman–Crippen LogP) is 4.27. The second-order valence-corrected chi connectivity index (χ2v) is 6.46. The molecule has 0 fully saturated rings. The molecule has 0 bridgehead atoms. The highest BCUT2D eigenvalue weighted by molar-refractivity contribution is 6.03. The number of nitrogens with zero attached hydrogens (tertiary/aromatic N) is 3. The van der Waals surface area contributed by atoms with Crippen LogP contribution in [0.15, 0.2) is 60.8 Å². The van der Waals surface area contributed by atoms with Crippen molar-refractivity contribution in [3.63, 3.8) is 0 Å². The van der Waals surface area contributed by atoms with Gasteiger partial charge in [0.15, 0.2) is 0 Å². The molecule has 0 aliphatic carbocycles. The van der Waals surface area contributed by atoms with Crippen LogP contribution in [0.3, 0.4) is 0 Å². The van der Waals surface area contributed by atoms with Crippen LogP contribution in [0.2, 0.25) is 0 Å². The highest BCUT2D eigenvalue weighted by Gasteiger charge is 2.30. The Labute approximate surface area is 160 Å². The van der Waals surface area contributed by atoms with E-state index >= 15 is 0 Å². The Kier molecular flexibility index (Phi) is 5.39. The molecule has 0 unspecified atom stereocenters. The first kappa shape index (κ1) is 19.5. The molecule has 1 heterocycles. The highest BCUT2D eigenvalue weighted by Crippen LogP contribution is 2.29. The van der Waals surface area contributed by atoms with Crippen LogP contribution in [-0.2, 0) is 12.7 Å². The van der Waals surface area contributed by atoms with Gasteiger partial charge in [-0.3, -0.25) is 4.79 Å². The minimum absolute atomic E-state index is 0.135. The lowest BCUT2D eigenvalue weighted by molar-refractivity contribution is -0.137. The van der Waals surface area contributed by atoms with Gasteiger partial charge in [0.1, 0.15) is 5.82 Å². The lowest BCUT2D eigenvalue weighted by atomic mass is 10.1. The van der Waals surface area contributed by atoms with Crippen molar-refractivity contribution in [3.05, 3.63) is 77.5 Å². The zero-order chi connectivity index (χ0) is 20.3. The zero-order valence-electron chi connectivity index (χ0n) is 15.4. The van der Waals surface area contributed by atoms with Gasteiger partial charge >= 0.3 is 6.18 Å². The Morgan fingerprint density at radius 3 is 2.25 bits per heavy atom. The van der Waals surface area contributed by atoms with Gasteiger partial charge in [-0.25, -0.2) is 4.68 Å². The van der Waals surface area contributed by atoms with Gasteiger partial charge < -0.3 is 10.2 Å². The number of rotatable bonds is 5. The minimum atomic E-state index is -4.43. The van der Waals surface area contributed by atoms with Crippen molar-refractivity contribution in [2.24, 2.45) is 0 Å². The first-order chi connectivity index (χ1) is 13.2. The summed E-state index contributed by atoms with van der Waals surface area (Å²) in [6.45, 7) is 0.448. The number of alkyl halides is 3. The second-order valence-electron chi connectivity index (χ2n) is 6.46. The molecule has 2 aromatic carbocycles. The third-order valence-electron chi connectivity index (χ3n) is 4.22. The Morgan fingerprint density at radius 1 is 1.04 bits per heavy atom. The summed E-state index contributed by atoms with van der Waals surface area (Å²) in [4.78, 5) is 14.4. The van der Waals surface area contributed by atoms with Crippen LogP contribution in [0.4, 0.5) is 24.7 Å². The molecular formula is C20H19F3N4O. The maximum absolute atomic E-state index is 12.6. The topological polar surface area (TPSA) is 50.2 Å². The van der Waals surface area contributed by atoms with Gasteiger partial charge in [-0.05, 0) is 42.0 Å². The number of hydrogen-bond donors (Lipinski definition) is 1. The second kappa shape index (κ2) is 7.75. The molecule has 1 aromatic heterocycles. The summed E-state index contributed by atoms with van der Waals surface area (Å²) in [6, 6.07) is 13.6. The normalized spacial score (nSPS) is 11.3. The third kappa shape index (κ3) is 4.51. The van der Waals surface area contributed by atoms with Gasteiger partial charge in [-0.15, -0.1) is 0 Å². The average Bonchev–Trinajstić information content (AvgIpc) is 3.08. The van der Waals surface area contributed by atoms with E-state index in [1.165, 1.54) is 0 Å². The van der Waals surface area contributed by atoms with Gasteiger partial charge in [-0.1, -0.05) is 12.1 Å². The average molecular weight is 388 g/mol. The van der Waals surface area contributed by atoms with Crippen LogP contribution in [0.5, 0.6) is 0 Å². The van der Waals surface area contributed by atoms with Gasteiger partial charge in [0, 0.05) is 31.4 Å². The van der Waals surface area contributed by atoms with Crippen LogP contribution >= 0.6 is 0 Å². The molecule has 0 spiro atoms. The molecule has 0 saturated carbocycles. The third-order valence-corrected chi connectivity index (χ3v) is 4.22. The summed E-state index contributed by atoms with van der Waals surface area (Å²) < 4.78 is 39.5. The summed E-state index contributed by atoms with van der Waals surface area (Å²) >= 11 is 0. The van der Waals surface area contributed by atoms with E-state index < -0.39 is 17.6 Å². The molecule has 3 rings (SSSR count). The fraction of sp³-hybridized carbons (Fsp3) is 0.200. The highest BCUT2D eigenvalue weighted by atomic mass is 19.4. The van der Waals surface area contributed by atoms with Gasteiger partial charge in [0.2, 0.25) is 0 Å². The maximum Gasteiger partial charge on any atom is 0.416 e. The molecule has 3 aromatic rings. The summed E-state index contributed by atoms with van der Waals surface area (Å²) in [6.07, 6.45) is -2.88. The van der Waals surface area contributed by atoms with E-state index in [0.29, 0.717) is 12.4 Å². The largest absolute Gasteiger partial charge is 0.416 e. The lowest BCUT2D eigenvalue weighted by Gasteiger charge is -2.13. The summed E-state index contributed by atoms with van der Waals surface area (Å²) in [7, 11) is 3.91. The first-order valence-electron chi connectivity index (χ1n) is 8.51. The monoisotopic (exact) mass is 388 g/mol. The number of halogens is 3. The van der Waals surface area contributed by atoms with E-state index in [4.69, 9.17) is 0 Å². The number of hydrogen-bond acceptors (Lipinski definition) is 3. The number of aromatic nitrogens is 2. The number of nitrogens with one attached hydrogen (secondary N) is 1. The van der Waals surface area contributed by atoms with Crippen molar-refractivity contribution in [1.29, 1.82) is 0 Å². The molecule has 0 saturated heterocycles. The molecule has 0 aliphatic rings. The number of amides is 1. The number of anilines is 2. The van der Waals surface area contributed by atoms with Crippen LogP contribution in [0.25, 0.3) is 0 Å². The fourth-order valence-electron chi connectivity index (χ4n) is 2.64. The SMILES string of the molecule is CN(C)c1ccc(Cn2nccc2NC(=O)c2ccc(C(F)(F)F)cc2)cc1. The van der Waals surface area contributed by atoms with Crippen molar-refractivity contribution in [2.45, 2.75) is 12.7 Å². The van der Waals surface area contributed by atoms with Gasteiger partial charge in [-0.2, -0.15) is 18.3 Å². The van der Waals surface area contributed by atoms with E-state index in [-0.39, 0.29) is 5.56 Å². The Morgan fingerprint density at radius 2 is 1.68 bits per heavy atom. The fourth-order valence-corrected chi connectivity index (χ4v) is 2.64. The minimum Gasteiger partial charge on any atom is -0.378 e. The maximum atomic E-state index is 12.6. The molecule has 1 N–H and O–H groups in total. The van der Waals surface area contributed by atoms with Gasteiger partial charge in [0.25, 0.3) is 5.91 Å². The summed E-state index contributed by atoms with van der Waals surface area (Å²) in [5.41, 5.74) is 1.41. The van der Waals surface area contributed by atoms with Crippen LogP contribution in [0.1, 0.15) is 21.5 Å². The Bertz CT molecular complexity index is 945. The lowest BCUT2D eigenvalue weighted by Crippen LogP contribution is -2.16. The van der Waals surface area contributed by atoms with Gasteiger partial charge in [0.05, 0.1) is 18.3 Å². The molecule has 0 aliphatic heterocycles.